The maximum atomic E-state index is 12.2. The molecule has 0 bridgehead atoms. The number of hydrogen-bond donors (Lipinski definition) is 1. The molecule has 0 aromatic heterocycles. The van der Waals surface area contributed by atoms with E-state index in [1.165, 1.54) is 11.8 Å². The lowest BCUT2D eigenvalue weighted by Gasteiger charge is -2.23. The topological polar surface area (TPSA) is 63.1 Å². The Morgan fingerprint density at radius 1 is 1.35 bits per heavy atom. The summed E-state index contributed by atoms with van der Waals surface area (Å²) >= 11 is 2.97. The number of rotatable bonds is 2. The first-order valence-corrected chi connectivity index (χ1v) is 9.78. The molecule has 1 atom stereocenters. The van der Waals surface area contributed by atoms with Crippen LogP contribution in [0, 0.1) is 0 Å². The molecule has 0 radical (unpaired) electrons. The molecule has 0 spiro atoms. The number of ether oxygens (including phenoxy) is 1. The van der Waals surface area contributed by atoms with E-state index in [1.54, 1.807) is 18.9 Å². The lowest BCUT2D eigenvalue weighted by molar-refractivity contribution is -0.115. The van der Waals surface area contributed by atoms with E-state index in [0.29, 0.717) is 15.2 Å². The number of carbonyl (C=O) groups excluding carboxylic acids is 1. The average molecular weight is 383 g/mol. The molecule has 132 valence electrons. The van der Waals surface area contributed by atoms with Crippen molar-refractivity contribution in [2.45, 2.75) is 18.1 Å². The maximum Gasteiger partial charge on any atom is 0.264 e. The Morgan fingerprint density at radius 2 is 2.15 bits per heavy atom. The predicted molar refractivity (Wildman–Crippen MR) is 109 cm³/mol. The van der Waals surface area contributed by atoms with E-state index in [0.717, 1.165) is 23.4 Å². The predicted octanol–water partition coefficient (Wildman–Crippen LogP) is 3.96. The van der Waals surface area contributed by atoms with Gasteiger partial charge in [0.25, 0.3) is 5.91 Å². The minimum atomic E-state index is -0.141. The van der Waals surface area contributed by atoms with Gasteiger partial charge in [0.05, 0.1) is 22.5 Å². The van der Waals surface area contributed by atoms with E-state index in [4.69, 9.17) is 4.74 Å². The Hall–Kier alpha value is -2.25. The van der Waals surface area contributed by atoms with Crippen molar-refractivity contribution in [2.75, 3.05) is 7.11 Å². The van der Waals surface area contributed by atoms with Crippen molar-refractivity contribution in [1.29, 1.82) is 0 Å². The number of hydrogen-bond acceptors (Lipinski definition) is 6. The first-order chi connectivity index (χ1) is 12.6. The van der Waals surface area contributed by atoms with Crippen molar-refractivity contribution in [3.05, 3.63) is 58.7 Å². The molecule has 5 nitrogen and oxygen atoms in total. The summed E-state index contributed by atoms with van der Waals surface area (Å²) in [6.45, 7) is 2.17. The average Bonchev–Trinajstić information content (AvgIpc) is 3.14. The Balaban J connectivity index is 1.52. The van der Waals surface area contributed by atoms with Gasteiger partial charge >= 0.3 is 0 Å². The van der Waals surface area contributed by atoms with E-state index in [1.807, 2.05) is 42.5 Å². The molecule has 0 saturated carbocycles. The molecular weight excluding hydrogens is 366 g/mol. The first kappa shape index (κ1) is 17.2. The quantitative estimate of drug-likeness (QED) is 0.785. The van der Waals surface area contributed by atoms with Gasteiger partial charge in [0.1, 0.15) is 5.75 Å². The van der Waals surface area contributed by atoms with Gasteiger partial charge in [-0.25, -0.2) is 4.99 Å². The molecule has 2 heterocycles. The zero-order valence-corrected chi connectivity index (χ0v) is 16.0. The number of aliphatic imine (C=N–C) groups is 2. The number of nitrogens with zero attached hydrogens (tertiary/aromatic N) is 2. The highest BCUT2D eigenvalue weighted by Crippen LogP contribution is 2.45. The van der Waals surface area contributed by atoms with Gasteiger partial charge in [-0.05, 0) is 55.0 Å². The van der Waals surface area contributed by atoms with Crippen LogP contribution >= 0.6 is 23.5 Å². The standard InChI is InChI=1S/C19H17N3O2S2/c1-19-10-4-3-5-15(19)20-18(26-19)22-17-21-16(23)14(25-17)11-12-6-8-13(24-2)9-7-12/h3-9,11H,10H2,1-2H3,(H,20,21,22,23)/b14-11+. The fourth-order valence-corrected chi connectivity index (χ4v) is 4.74. The molecule has 2 aliphatic heterocycles. The summed E-state index contributed by atoms with van der Waals surface area (Å²) < 4.78 is 5.10. The fourth-order valence-electron chi connectivity index (χ4n) is 2.78. The number of amides is 1. The van der Waals surface area contributed by atoms with Gasteiger partial charge in [-0.15, -0.1) is 0 Å². The largest absolute Gasteiger partial charge is 0.497 e. The number of fused-ring (bicyclic) bond motifs is 1. The lowest BCUT2D eigenvalue weighted by Crippen LogP contribution is -2.21. The minimum absolute atomic E-state index is 0.0524. The van der Waals surface area contributed by atoms with Crippen LogP contribution in [0.15, 0.2) is 63.1 Å². The zero-order valence-electron chi connectivity index (χ0n) is 14.4. The monoisotopic (exact) mass is 383 g/mol. The zero-order chi connectivity index (χ0) is 18.1. The van der Waals surface area contributed by atoms with Crippen LogP contribution in [0.1, 0.15) is 18.9 Å². The van der Waals surface area contributed by atoms with E-state index in [2.05, 4.69) is 28.3 Å². The van der Waals surface area contributed by atoms with Crippen molar-refractivity contribution in [3.63, 3.8) is 0 Å². The van der Waals surface area contributed by atoms with Gasteiger partial charge in [0.2, 0.25) is 0 Å². The SMILES string of the molecule is COc1ccc(/C=C2/SC(=NC3=NC4=CC=CCC4(C)S3)NC2=O)cc1. The highest BCUT2D eigenvalue weighted by Gasteiger charge is 2.38. The number of allylic oxidation sites excluding steroid dienone is 3. The number of nitrogens with one attached hydrogen (secondary N) is 1. The second kappa shape index (κ2) is 6.81. The summed E-state index contributed by atoms with van der Waals surface area (Å²) in [5.41, 5.74) is 1.97. The van der Waals surface area contributed by atoms with Crippen molar-refractivity contribution in [1.82, 2.24) is 5.32 Å². The second-order valence-corrected chi connectivity index (χ2v) is 8.67. The Morgan fingerprint density at radius 3 is 2.88 bits per heavy atom. The molecule has 26 heavy (non-hydrogen) atoms. The summed E-state index contributed by atoms with van der Waals surface area (Å²) in [6, 6.07) is 7.56. The molecule has 3 aliphatic rings. The molecule has 1 N–H and O–H groups in total. The maximum absolute atomic E-state index is 12.2. The first-order valence-electron chi connectivity index (χ1n) is 8.14. The van der Waals surface area contributed by atoms with E-state index < -0.39 is 0 Å². The van der Waals surface area contributed by atoms with Crippen LogP contribution in [0.2, 0.25) is 0 Å². The number of carbonyl (C=O) groups is 1. The van der Waals surface area contributed by atoms with Crippen LogP contribution in [0.3, 0.4) is 0 Å². The van der Waals surface area contributed by atoms with Crippen LogP contribution in [-0.4, -0.2) is 28.1 Å². The molecule has 1 fully saturated rings. The van der Waals surface area contributed by atoms with Gasteiger partial charge in [-0.3, -0.25) is 4.79 Å². The minimum Gasteiger partial charge on any atom is -0.497 e. The molecule has 7 heteroatoms. The number of amidine groups is 2. The van der Waals surface area contributed by atoms with Crippen molar-refractivity contribution < 1.29 is 9.53 Å². The summed E-state index contributed by atoms with van der Waals surface area (Å²) in [5, 5.41) is 4.08. The Labute approximate surface area is 160 Å². The molecule has 1 unspecified atom stereocenters. The Bertz CT molecular complexity index is 913. The summed E-state index contributed by atoms with van der Waals surface area (Å²) in [6.07, 6.45) is 8.98. The van der Waals surface area contributed by atoms with Gasteiger partial charge < -0.3 is 10.1 Å². The smallest absolute Gasteiger partial charge is 0.264 e. The third-order valence-electron chi connectivity index (χ3n) is 4.23. The number of thioether (sulfide) groups is 2. The van der Waals surface area contributed by atoms with Gasteiger partial charge in [-0.2, -0.15) is 4.99 Å². The van der Waals surface area contributed by atoms with Gasteiger partial charge in [-0.1, -0.05) is 36.0 Å². The summed E-state index contributed by atoms with van der Waals surface area (Å²) in [4.78, 5) is 22.0. The molecular formula is C19H17N3O2S2. The molecule has 1 aromatic rings. The van der Waals surface area contributed by atoms with Crippen LogP contribution in [-0.2, 0) is 4.79 Å². The van der Waals surface area contributed by atoms with Gasteiger partial charge in [0, 0.05) is 0 Å². The highest BCUT2D eigenvalue weighted by molar-refractivity contribution is 8.19. The van der Waals surface area contributed by atoms with Crippen molar-refractivity contribution in [3.8, 4) is 5.75 Å². The third kappa shape index (κ3) is 3.37. The van der Waals surface area contributed by atoms with E-state index in [-0.39, 0.29) is 10.7 Å². The number of methoxy groups -OCH3 is 1. The van der Waals surface area contributed by atoms with Crippen LogP contribution in [0.25, 0.3) is 6.08 Å². The fraction of sp³-hybridized carbons (Fsp3) is 0.211. The molecule has 1 aromatic carbocycles. The van der Waals surface area contributed by atoms with Crippen LogP contribution in [0.4, 0.5) is 0 Å². The Kier molecular flexibility index (Phi) is 4.50. The van der Waals surface area contributed by atoms with E-state index in [9.17, 15) is 4.79 Å². The van der Waals surface area contributed by atoms with Gasteiger partial charge in [0.15, 0.2) is 10.3 Å². The molecule has 4 rings (SSSR count). The summed E-state index contributed by atoms with van der Waals surface area (Å²) in [5.74, 6) is 0.644. The molecule has 1 saturated heterocycles. The third-order valence-corrected chi connectivity index (χ3v) is 6.33. The summed E-state index contributed by atoms with van der Waals surface area (Å²) in [7, 11) is 1.63. The lowest BCUT2D eigenvalue weighted by atomic mass is 9.98. The molecule has 1 amide bonds. The highest BCUT2D eigenvalue weighted by atomic mass is 32.2. The second-order valence-electron chi connectivity index (χ2n) is 6.17. The normalized spacial score (nSPS) is 27.4. The van der Waals surface area contributed by atoms with Crippen LogP contribution in [0.5, 0.6) is 5.75 Å². The van der Waals surface area contributed by atoms with Crippen LogP contribution < -0.4 is 10.1 Å². The van der Waals surface area contributed by atoms with Crippen molar-refractivity contribution >= 4 is 45.8 Å². The van der Waals surface area contributed by atoms with E-state index >= 15 is 0 Å². The van der Waals surface area contributed by atoms with Crippen molar-refractivity contribution in [2.24, 2.45) is 9.98 Å². The molecule has 1 aliphatic carbocycles. The number of benzene rings is 1.